The number of hydrogen-bond acceptors (Lipinski definition) is 2. The molecule has 1 aromatic rings. The van der Waals surface area contributed by atoms with Crippen molar-refractivity contribution in [3.05, 3.63) is 35.1 Å². The van der Waals surface area contributed by atoms with Gasteiger partial charge < -0.3 is 10.5 Å². The maximum Gasteiger partial charge on any atom is 0.460 e. The predicted molar refractivity (Wildman–Crippen MR) is 66.6 cm³/mol. The fourth-order valence-corrected chi connectivity index (χ4v) is 1.57. The molecule has 0 spiro atoms. The summed E-state index contributed by atoms with van der Waals surface area (Å²) in [6, 6.07) is -0.817. The molecule has 0 atom stereocenters. The molecule has 0 aromatic heterocycles. The number of nitrogens with two attached hydrogens (primary N) is 1. The zero-order chi connectivity index (χ0) is 20.7. The Morgan fingerprint density at radius 1 is 0.885 bits per heavy atom. The van der Waals surface area contributed by atoms with E-state index < -0.39 is 47.2 Å². The number of benzene rings is 1. The van der Waals surface area contributed by atoms with E-state index in [1.807, 2.05) is 0 Å². The lowest BCUT2D eigenvalue weighted by Crippen LogP contribution is -2.61. The molecule has 0 bridgehead atoms. The lowest BCUT2D eigenvalue weighted by Gasteiger charge is -2.32. The summed E-state index contributed by atoms with van der Waals surface area (Å²) < 4.78 is 144. The van der Waals surface area contributed by atoms with Crippen LogP contribution in [-0.2, 0) is 0 Å². The van der Waals surface area contributed by atoms with E-state index in [-0.39, 0.29) is 5.02 Å². The van der Waals surface area contributed by atoms with Crippen LogP contribution in [0.4, 0.5) is 54.0 Å². The van der Waals surface area contributed by atoms with Crippen LogP contribution in [0.2, 0.25) is 5.02 Å². The Morgan fingerprint density at radius 2 is 1.38 bits per heavy atom. The monoisotopic (exact) mass is 423 g/mol. The molecule has 0 aliphatic carbocycles. The van der Waals surface area contributed by atoms with Crippen LogP contribution in [0.5, 0.6) is 5.75 Å². The van der Waals surface area contributed by atoms with Gasteiger partial charge >= 0.3 is 30.0 Å². The summed E-state index contributed by atoms with van der Waals surface area (Å²) in [5.41, 5.74) is 4.55. The molecular weight excluding hydrogens is 419 g/mol. The SMILES string of the molecule is Nc1cc(Cl)ccc1OC(F)=C(F)C(F)(F)C(F)(F)C(F)(F)C(F)(F)F. The number of ether oxygens (including phenoxy) is 1. The summed E-state index contributed by atoms with van der Waals surface area (Å²) in [6.45, 7) is 0. The third kappa shape index (κ3) is 3.62. The number of nitrogen functional groups attached to an aromatic ring is 1. The van der Waals surface area contributed by atoms with Gasteiger partial charge in [-0.3, -0.25) is 0 Å². The molecule has 26 heavy (non-hydrogen) atoms. The van der Waals surface area contributed by atoms with Gasteiger partial charge in [0.2, 0.25) is 5.83 Å². The Morgan fingerprint density at radius 3 is 1.81 bits per heavy atom. The van der Waals surface area contributed by atoms with Gasteiger partial charge in [0.15, 0.2) is 5.75 Å². The molecule has 0 saturated heterocycles. The van der Waals surface area contributed by atoms with Crippen LogP contribution in [-0.4, -0.2) is 23.9 Å². The molecule has 2 nitrogen and oxygen atoms in total. The fourth-order valence-electron chi connectivity index (χ4n) is 1.39. The Kier molecular flexibility index (Phi) is 5.67. The first-order chi connectivity index (χ1) is 11.5. The molecule has 0 unspecified atom stereocenters. The van der Waals surface area contributed by atoms with Gasteiger partial charge in [-0.1, -0.05) is 11.6 Å². The smallest absolute Gasteiger partial charge is 0.427 e. The van der Waals surface area contributed by atoms with Crippen LogP contribution in [0, 0.1) is 0 Å². The number of alkyl halides is 9. The van der Waals surface area contributed by atoms with Crippen LogP contribution in [0.3, 0.4) is 0 Å². The maximum absolute atomic E-state index is 13.3. The average Bonchev–Trinajstić information content (AvgIpc) is 2.47. The van der Waals surface area contributed by atoms with Gasteiger partial charge in [-0.05, 0) is 18.2 Å². The summed E-state index contributed by atoms with van der Waals surface area (Å²) in [6.07, 6.45) is -7.18. The molecule has 0 aliphatic rings. The van der Waals surface area contributed by atoms with Crippen LogP contribution < -0.4 is 10.5 Å². The van der Waals surface area contributed by atoms with Crippen molar-refractivity contribution in [3.63, 3.8) is 0 Å². The number of hydrogen-bond donors (Lipinski definition) is 1. The molecule has 0 radical (unpaired) electrons. The Hall–Kier alpha value is -1.92. The third-order valence-corrected chi connectivity index (χ3v) is 3.00. The van der Waals surface area contributed by atoms with E-state index in [0.29, 0.717) is 6.07 Å². The summed E-state index contributed by atoms with van der Waals surface area (Å²) in [5.74, 6) is -26.6. The van der Waals surface area contributed by atoms with Crippen molar-refractivity contribution in [1.82, 2.24) is 0 Å². The van der Waals surface area contributed by atoms with Crippen molar-refractivity contribution >= 4 is 17.3 Å². The highest BCUT2D eigenvalue weighted by atomic mass is 35.5. The van der Waals surface area contributed by atoms with E-state index in [1.165, 1.54) is 0 Å². The minimum Gasteiger partial charge on any atom is -0.427 e. The molecule has 148 valence electrons. The van der Waals surface area contributed by atoms with Gasteiger partial charge in [0, 0.05) is 5.02 Å². The first-order valence-corrected chi connectivity index (χ1v) is 6.33. The molecule has 14 heteroatoms. The van der Waals surface area contributed by atoms with Crippen LogP contribution >= 0.6 is 11.6 Å². The van der Waals surface area contributed by atoms with Gasteiger partial charge in [0.25, 0.3) is 0 Å². The zero-order valence-electron chi connectivity index (χ0n) is 11.8. The number of allylic oxidation sites excluding steroid dienone is 1. The topological polar surface area (TPSA) is 35.2 Å². The second-order valence-electron chi connectivity index (χ2n) is 4.59. The lowest BCUT2D eigenvalue weighted by atomic mass is 10.0. The van der Waals surface area contributed by atoms with E-state index >= 15 is 0 Å². The van der Waals surface area contributed by atoms with E-state index in [2.05, 4.69) is 4.74 Å². The molecular formula is C12H5ClF11NO. The number of halogens is 12. The highest BCUT2D eigenvalue weighted by molar-refractivity contribution is 6.30. The second-order valence-corrected chi connectivity index (χ2v) is 5.03. The molecule has 0 amide bonds. The summed E-state index contributed by atoms with van der Waals surface area (Å²) in [4.78, 5) is 0. The fraction of sp³-hybridized carbons (Fsp3) is 0.333. The summed E-state index contributed by atoms with van der Waals surface area (Å²) in [5, 5.41) is -0.0959. The number of anilines is 1. The molecule has 1 rings (SSSR count). The average molecular weight is 424 g/mol. The van der Waals surface area contributed by atoms with Crippen molar-refractivity contribution in [2.24, 2.45) is 0 Å². The minimum atomic E-state index is -7.39. The van der Waals surface area contributed by atoms with Crippen LogP contribution in [0.25, 0.3) is 0 Å². The Labute approximate surface area is 142 Å². The normalized spacial score (nSPS) is 14.9. The van der Waals surface area contributed by atoms with E-state index in [9.17, 15) is 48.3 Å². The van der Waals surface area contributed by atoms with Gasteiger partial charge in [0.1, 0.15) is 0 Å². The van der Waals surface area contributed by atoms with E-state index in [0.717, 1.165) is 12.1 Å². The molecule has 0 aliphatic heterocycles. The van der Waals surface area contributed by atoms with Gasteiger partial charge in [-0.2, -0.15) is 48.3 Å². The summed E-state index contributed by atoms with van der Waals surface area (Å²) in [7, 11) is 0. The van der Waals surface area contributed by atoms with Crippen molar-refractivity contribution in [3.8, 4) is 5.75 Å². The molecule has 0 fully saturated rings. The standard InChI is InChI=1S/C12H5ClF11NO/c13-4-1-2-6(5(25)3-4)26-8(15)7(14)9(16,17)10(18,19)11(20,21)12(22,23)24/h1-3H,25H2. The quantitative estimate of drug-likeness (QED) is 0.365. The van der Waals surface area contributed by atoms with Crippen LogP contribution in [0.1, 0.15) is 0 Å². The number of rotatable bonds is 5. The van der Waals surface area contributed by atoms with Gasteiger partial charge in [-0.15, -0.1) is 0 Å². The van der Waals surface area contributed by atoms with Crippen LogP contribution in [0.15, 0.2) is 30.0 Å². The van der Waals surface area contributed by atoms with Crippen molar-refractivity contribution in [2.45, 2.75) is 23.9 Å². The Balaban J connectivity index is 3.34. The summed E-state index contributed by atoms with van der Waals surface area (Å²) >= 11 is 5.42. The van der Waals surface area contributed by atoms with Crippen molar-refractivity contribution in [2.75, 3.05) is 5.73 Å². The molecule has 0 saturated carbocycles. The highest BCUT2D eigenvalue weighted by Gasteiger charge is 2.83. The maximum atomic E-state index is 13.3. The third-order valence-electron chi connectivity index (χ3n) is 2.76. The van der Waals surface area contributed by atoms with Crippen molar-refractivity contribution in [1.29, 1.82) is 0 Å². The van der Waals surface area contributed by atoms with Gasteiger partial charge in [-0.25, -0.2) is 0 Å². The molecule has 2 N–H and O–H groups in total. The first kappa shape index (κ1) is 22.1. The molecule has 1 aromatic carbocycles. The second kappa shape index (κ2) is 6.67. The zero-order valence-corrected chi connectivity index (χ0v) is 12.5. The largest absolute Gasteiger partial charge is 0.460 e. The lowest BCUT2D eigenvalue weighted by molar-refractivity contribution is -0.392. The van der Waals surface area contributed by atoms with Gasteiger partial charge in [0.05, 0.1) is 5.69 Å². The Bertz CT molecular complexity index is 714. The highest BCUT2D eigenvalue weighted by Crippen LogP contribution is 2.55. The van der Waals surface area contributed by atoms with Crippen molar-refractivity contribution < 1.29 is 53.0 Å². The first-order valence-electron chi connectivity index (χ1n) is 5.95. The predicted octanol–water partition coefficient (Wildman–Crippen LogP) is 5.88. The molecule has 0 heterocycles. The van der Waals surface area contributed by atoms with E-state index in [4.69, 9.17) is 17.3 Å². The minimum absolute atomic E-state index is 0.0959. The van der Waals surface area contributed by atoms with E-state index in [1.54, 1.807) is 0 Å².